The van der Waals surface area contributed by atoms with Gasteiger partial charge in [-0.3, -0.25) is 19.8 Å². The van der Waals surface area contributed by atoms with Gasteiger partial charge in [0.1, 0.15) is 11.6 Å². The number of aryl methyl sites for hydroxylation is 1. The Labute approximate surface area is 188 Å². The highest BCUT2D eigenvalue weighted by Gasteiger charge is 2.31. The smallest absolute Gasteiger partial charge is 0.334 e. The molecule has 1 fully saturated rings. The minimum atomic E-state index is -0.595. The van der Waals surface area contributed by atoms with E-state index in [9.17, 15) is 23.7 Å². The first-order valence-corrected chi connectivity index (χ1v) is 10.5. The molecule has 0 spiro atoms. The Morgan fingerprint density at radius 2 is 1.55 bits per heavy atom. The summed E-state index contributed by atoms with van der Waals surface area (Å²) in [5.74, 6) is -0.895. The van der Waals surface area contributed by atoms with E-state index in [0.29, 0.717) is 26.2 Å². The second-order valence-corrected chi connectivity index (χ2v) is 7.89. The maximum absolute atomic E-state index is 13.5. The number of benzene rings is 2. The third kappa shape index (κ3) is 4.90. The SMILES string of the molecule is Cc1onc(CC(=O)N2CCN(C(c3ccc(F)cc3)c3ccc(F)cc3)CC2)c1[N+](=O)[O-]. The van der Waals surface area contributed by atoms with Crippen LogP contribution in [0, 0.1) is 28.7 Å². The summed E-state index contributed by atoms with van der Waals surface area (Å²) < 4.78 is 31.9. The molecular formula is C23H22F2N4O4. The predicted molar refractivity (Wildman–Crippen MR) is 114 cm³/mol. The molecular weight excluding hydrogens is 434 g/mol. The van der Waals surface area contributed by atoms with Gasteiger partial charge in [-0.05, 0) is 35.4 Å². The van der Waals surface area contributed by atoms with Gasteiger partial charge in [0.15, 0.2) is 5.69 Å². The van der Waals surface area contributed by atoms with Crippen LogP contribution in [0.2, 0.25) is 0 Å². The molecule has 1 aliphatic heterocycles. The molecule has 4 rings (SSSR count). The van der Waals surface area contributed by atoms with Crippen LogP contribution in [0.4, 0.5) is 14.5 Å². The first kappa shape index (κ1) is 22.5. The van der Waals surface area contributed by atoms with Crippen LogP contribution in [0.25, 0.3) is 0 Å². The van der Waals surface area contributed by atoms with Gasteiger partial charge in [-0.2, -0.15) is 0 Å². The number of rotatable bonds is 6. The fourth-order valence-corrected chi connectivity index (χ4v) is 4.15. The summed E-state index contributed by atoms with van der Waals surface area (Å²) in [5.41, 5.74) is 1.46. The lowest BCUT2D eigenvalue weighted by Crippen LogP contribution is -2.50. The van der Waals surface area contributed by atoms with E-state index in [0.717, 1.165) is 11.1 Å². The van der Waals surface area contributed by atoms with E-state index in [-0.39, 0.29) is 47.1 Å². The molecule has 1 aliphatic rings. The van der Waals surface area contributed by atoms with Gasteiger partial charge in [0.05, 0.1) is 17.4 Å². The van der Waals surface area contributed by atoms with E-state index >= 15 is 0 Å². The summed E-state index contributed by atoms with van der Waals surface area (Å²) in [6.07, 6.45) is -0.215. The second kappa shape index (κ2) is 9.45. The quantitative estimate of drug-likeness (QED) is 0.415. The minimum Gasteiger partial charge on any atom is -0.354 e. The molecule has 1 saturated heterocycles. The Hall–Kier alpha value is -3.66. The molecule has 0 saturated carbocycles. The van der Waals surface area contributed by atoms with Crippen molar-refractivity contribution in [1.82, 2.24) is 15.0 Å². The monoisotopic (exact) mass is 456 g/mol. The number of halogens is 2. The molecule has 2 aromatic carbocycles. The molecule has 172 valence electrons. The largest absolute Gasteiger partial charge is 0.354 e. The van der Waals surface area contributed by atoms with Crippen molar-refractivity contribution >= 4 is 11.6 Å². The molecule has 2 heterocycles. The van der Waals surface area contributed by atoms with Crippen LogP contribution in [-0.4, -0.2) is 52.0 Å². The second-order valence-electron chi connectivity index (χ2n) is 7.89. The summed E-state index contributed by atoms with van der Waals surface area (Å²) in [5, 5.41) is 14.9. The van der Waals surface area contributed by atoms with Crippen LogP contribution < -0.4 is 0 Å². The molecule has 10 heteroatoms. The Bertz CT molecular complexity index is 1090. The van der Waals surface area contributed by atoms with Gasteiger partial charge < -0.3 is 9.42 Å². The number of nitro groups is 1. The van der Waals surface area contributed by atoms with Crippen LogP contribution in [0.3, 0.4) is 0 Å². The molecule has 0 atom stereocenters. The van der Waals surface area contributed by atoms with Crippen molar-refractivity contribution in [1.29, 1.82) is 0 Å². The average Bonchev–Trinajstić information content (AvgIpc) is 3.17. The maximum atomic E-state index is 13.5. The number of hydrogen-bond acceptors (Lipinski definition) is 6. The van der Waals surface area contributed by atoms with Gasteiger partial charge in [0.2, 0.25) is 11.7 Å². The third-order valence-electron chi connectivity index (χ3n) is 5.80. The molecule has 3 aromatic rings. The number of piperazine rings is 1. The van der Waals surface area contributed by atoms with E-state index in [1.54, 1.807) is 29.2 Å². The lowest BCUT2D eigenvalue weighted by Gasteiger charge is -2.39. The van der Waals surface area contributed by atoms with E-state index in [1.807, 2.05) is 0 Å². The van der Waals surface area contributed by atoms with Gasteiger partial charge >= 0.3 is 5.69 Å². The van der Waals surface area contributed by atoms with Crippen LogP contribution in [-0.2, 0) is 11.2 Å². The van der Waals surface area contributed by atoms with E-state index in [2.05, 4.69) is 10.1 Å². The van der Waals surface area contributed by atoms with Crippen LogP contribution in [0.1, 0.15) is 28.6 Å². The normalized spacial score (nSPS) is 14.6. The van der Waals surface area contributed by atoms with Crippen molar-refractivity contribution in [3.63, 3.8) is 0 Å². The van der Waals surface area contributed by atoms with E-state index < -0.39 is 4.92 Å². The summed E-state index contributed by atoms with van der Waals surface area (Å²) in [7, 11) is 0. The van der Waals surface area contributed by atoms with Crippen molar-refractivity contribution in [2.45, 2.75) is 19.4 Å². The molecule has 0 N–H and O–H groups in total. The number of aromatic nitrogens is 1. The number of hydrogen-bond donors (Lipinski definition) is 0. The van der Waals surface area contributed by atoms with E-state index in [1.165, 1.54) is 31.2 Å². The minimum absolute atomic E-state index is 0.0143. The molecule has 8 nitrogen and oxygen atoms in total. The van der Waals surface area contributed by atoms with Crippen molar-refractivity contribution in [2.75, 3.05) is 26.2 Å². The number of carbonyl (C=O) groups is 1. The molecule has 33 heavy (non-hydrogen) atoms. The Morgan fingerprint density at radius 1 is 1.03 bits per heavy atom. The number of nitrogens with zero attached hydrogens (tertiary/aromatic N) is 4. The maximum Gasteiger partial charge on any atom is 0.334 e. The standard InChI is InChI=1S/C23H22F2N4O4/c1-15-22(29(31)32)20(26-33-15)14-21(30)27-10-12-28(13-11-27)23(16-2-6-18(24)7-3-16)17-4-8-19(25)9-5-17/h2-9,23H,10-14H2,1H3. The fraction of sp³-hybridized carbons (Fsp3) is 0.304. The summed E-state index contributed by atoms with van der Waals surface area (Å²) in [4.78, 5) is 27.2. The topological polar surface area (TPSA) is 92.7 Å². The first-order chi connectivity index (χ1) is 15.8. The van der Waals surface area contributed by atoms with Gasteiger partial charge in [0, 0.05) is 33.1 Å². The van der Waals surface area contributed by atoms with Crippen LogP contribution >= 0.6 is 0 Å². The van der Waals surface area contributed by atoms with Gasteiger partial charge in [-0.1, -0.05) is 29.4 Å². The van der Waals surface area contributed by atoms with Gasteiger partial charge in [-0.15, -0.1) is 0 Å². The zero-order chi connectivity index (χ0) is 23.5. The molecule has 0 bridgehead atoms. The van der Waals surface area contributed by atoms with Crippen molar-refractivity contribution in [3.8, 4) is 0 Å². The lowest BCUT2D eigenvalue weighted by molar-refractivity contribution is -0.386. The van der Waals surface area contributed by atoms with E-state index in [4.69, 9.17) is 4.52 Å². The highest BCUT2D eigenvalue weighted by Crippen LogP contribution is 2.30. The Morgan fingerprint density at radius 3 is 2.03 bits per heavy atom. The van der Waals surface area contributed by atoms with Crippen molar-refractivity contribution in [2.24, 2.45) is 0 Å². The van der Waals surface area contributed by atoms with Crippen LogP contribution in [0.15, 0.2) is 53.1 Å². The summed E-state index contributed by atoms with van der Waals surface area (Å²) in [6, 6.07) is 12.1. The van der Waals surface area contributed by atoms with Crippen molar-refractivity contribution < 1.29 is 23.0 Å². The van der Waals surface area contributed by atoms with Crippen molar-refractivity contribution in [3.05, 3.63) is 92.9 Å². The number of carbonyl (C=O) groups excluding carboxylic acids is 1. The van der Waals surface area contributed by atoms with Gasteiger partial charge in [0.25, 0.3) is 0 Å². The number of amides is 1. The highest BCUT2D eigenvalue weighted by atomic mass is 19.1. The fourth-order valence-electron chi connectivity index (χ4n) is 4.15. The zero-order valence-corrected chi connectivity index (χ0v) is 17.9. The molecule has 0 aliphatic carbocycles. The van der Waals surface area contributed by atoms with Gasteiger partial charge in [-0.25, -0.2) is 8.78 Å². The highest BCUT2D eigenvalue weighted by molar-refractivity contribution is 5.79. The Balaban J connectivity index is 1.48. The molecule has 0 unspecified atom stereocenters. The molecule has 1 aromatic heterocycles. The first-order valence-electron chi connectivity index (χ1n) is 10.5. The van der Waals surface area contributed by atoms with Crippen LogP contribution in [0.5, 0.6) is 0 Å². The molecule has 0 radical (unpaired) electrons. The average molecular weight is 456 g/mol. The summed E-state index contributed by atoms with van der Waals surface area (Å²) in [6.45, 7) is 3.28. The molecule has 1 amide bonds. The summed E-state index contributed by atoms with van der Waals surface area (Å²) >= 11 is 0. The third-order valence-corrected chi connectivity index (χ3v) is 5.80. The predicted octanol–water partition coefficient (Wildman–Crippen LogP) is 3.65. The lowest BCUT2D eigenvalue weighted by atomic mass is 9.96. The Kier molecular flexibility index (Phi) is 6.45. The zero-order valence-electron chi connectivity index (χ0n) is 17.9.